The van der Waals surface area contributed by atoms with Gasteiger partial charge in [0.2, 0.25) is 5.91 Å². The lowest BCUT2D eigenvalue weighted by atomic mass is 10.0. The molecule has 0 aromatic carbocycles. The van der Waals surface area contributed by atoms with Crippen molar-refractivity contribution in [2.24, 2.45) is 11.3 Å². The van der Waals surface area contributed by atoms with Gasteiger partial charge >= 0.3 is 0 Å². The van der Waals surface area contributed by atoms with Crippen molar-refractivity contribution in [1.29, 1.82) is 0 Å². The first kappa shape index (κ1) is 11.5. The maximum Gasteiger partial charge on any atom is 0.239 e. The molecule has 3 heteroatoms. The molecule has 1 N–H and O–H groups in total. The topological polar surface area (TPSA) is 32.3 Å². The van der Waals surface area contributed by atoms with Crippen LogP contribution in [0.25, 0.3) is 0 Å². The van der Waals surface area contributed by atoms with E-state index in [4.69, 9.17) is 0 Å². The molecule has 96 valence electrons. The molecule has 1 aliphatic heterocycles. The van der Waals surface area contributed by atoms with Gasteiger partial charge in [0, 0.05) is 19.1 Å². The average molecular weight is 236 g/mol. The molecule has 0 spiro atoms. The highest BCUT2D eigenvalue weighted by Gasteiger charge is 2.55. The molecule has 0 aromatic heterocycles. The van der Waals surface area contributed by atoms with Gasteiger partial charge in [0.1, 0.15) is 0 Å². The highest BCUT2D eigenvalue weighted by atomic mass is 16.2. The first-order valence-electron chi connectivity index (χ1n) is 7.15. The Balaban J connectivity index is 1.57. The average Bonchev–Trinajstić information content (AvgIpc) is 3.12. The standard InChI is InChI=1S/C14H24N2O/c1-10(2)15-12-5-8-16(13(12)17)9-14(6-7-14)11-3-4-11/h10-12,15H,3-9H2,1-2H3. The van der Waals surface area contributed by atoms with Gasteiger partial charge < -0.3 is 10.2 Å². The maximum absolute atomic E-state index is 12.3. The van der Waals surface area contributed by atoms with Gasteiger partial charge in [-0.1, -0.05) is 13.8 Å². The van der Waals surface area contributed by atoms with Gasteiger partial charge in [-0.15, -0.1) is 0 Å². The van der Waals surface area contributed by atoms with Crippen LogP contribution < -0.4 is 5.32 Å². The zero-order chi connectivity index (χ0) is 12.0. The highest BCUT2D eigenvalue weighted by molar-refractivity contribution is 5.84. The molecule has 2 aliphatic carbocycles. The van der Waals surface area contributed by atoms with E-state index in [0.717, 1.165) is 25.4 Å². The number of amides is 1. The predicted molar refractivity (Wildman–Crippen MR) is 67.6 cm³/mol. The summed E-state index contributed by atoms with van der Waals surface area (Å²) < 4.78 is 0. The van der Waals surface area contributed by atoms with Gasteiger partial charge in [0.15, 0.2) is 0 Å². The summed E-state index contributed by atoms with van der Waals surface area (Å²) in [6, 6.07) is 0.493. The van der Waals surface area contributed by atoms with Gasteiger partial charge in [0.05, 0.1) is 6.04 Å². The minimum atomic E-state index is 0.0880. The number of rotatable bonds is 5. The minimum absolute atomic E-state index is 0.0880. The van der Waals surface area contributed by atoms with Gasteiger partial charge in [-0.2, -0.15) is 0 Å². The van der Waals surface area contributed by atoms with Gasteiger partial charge in [0.25, 0.3) is 0 Å². The predicted octanol–water partition coefficient (Wildman–Crippen LogP) is 1.78. The third kappa shape index (κ3) is 2.22. The van der Waals surface area contributed by atoms with Crippen molar-refractivity contribution in [2.45, 2.75) is 58.0 Å². The van der Waals surface area contributed by atoms with Crippen LogP contribution in [-0.4, -0.2) is 36.0 Å². The summed E-state index contributed by atoms with van der Waals surface area (Å²) in [5.41, 5.74) is 0.558. The summed E-state index contributed by atoms with van der Waals surface area (Å²) in [6.45, 7) is 6.25. The number of carbonyl (C=O) groups is 1. The van der Waals surface area contributed by atoms with E-state index in [0.29, 0.717) is 17.4 Å². The SMILES string of the molecule is CC(C)NC1CCN(CC2(C3CC3)CC2)C1=O. The summed E-state index contributed by atoms with van der Waals surface area (Å²) in [6.07, 6.45) is 6.55. The Morgan fingerprint density at radius 2 is 2.06 bits per heavy atom. The van der Waals surface area contributed by atoms with Crippen molar-refractivity contribution in [3.63, 3.8) is 0 Å². The molecular weight excluding hydrogens is 212 g/mol. The van der Waals surface area contributed by atoms with Crippen LogP contribution in [0.3, 0.4) is 0 Å². The summed E-state index contributed by atoms with van der Waals surface area (Å²) in [4.78, 5) is 14.4. The third-order valence-corrected chi connectivity index (χ3v) is 4.67. The van der Waals surface area contributed by atoms with Crippen LogP contribution in [0.1, 0.15) is 46.0 Å². The lowest BCUT2D eigenvalue weighted by Crippen LogP contribution is -2.43. The molecule has 1 saturated heterocycles. The Bertz CT molecular complexity index is 318. The van der Waals surface area contributed by atoms with Crippen LogP contribution in [0, 0.1) is 11.3 Å². The number of nitrogens with zero attached hydrogens (tertiary/aromatic N) is 1. The van der Waals surface area contributed by atoms with E-state index in [2.05, 4.69) is 24.1 Å². The molecule has 3 fully saturated rings. The lowest BCUT2D eigenvalue weighted by molar-refractivity contribution is -0.130. The van der Waals surface area contributed by atoms with Crippen molar-refractivity contribution in [3.8, 4) is 0 Å². The van der Waals surface area contributed by atoms with Crippen LogP contribution in [0.15, 0.2) is 0 Å². The quantitative estimate of drug-likeness (QED) is 0.789. The van der Waals surface area contributed by atoms with E-state index < -0.39 is 0 Å². The molecule has 0 bridgehead atoms. The Hall–Kier alpha value is -0.570. The second kappa shape index (κ2) is 3.98. The normalized spacial score (nSPS) is 31.4. The highest BCUT2D eigenvalue weighted by Crippen LogP contribution is 2.61. The van der Waals surface area contributed by atoms with Crippen molar-refractivity contribution in [1.82, 2.24) is 10.2 Å². The molecule has 3 rings (SSSR count). The molecule has 2 saturated carbocycles. The smallest absolute Gasteiger partial charge is 0.239 e. The minimum Gasteiger partial charge on any atom is -0.341 e. The van der Waals surface area contributed by atoms with Crippen molar-refractivity contribution in [2.75, 3.05) is 13.1 Å². The molecule has 3 nitrogen and oxygen atoms in total. The molecule has 1 heterocycles. The maximum atomic E-state index is 12.3. The van der Waals surface area contributed by atoms with Crippen LogP contribution >= 0.6 is 0 Å². The van der Waals surface area contributed by atoms with E-state index in [9.17, 15) is 4.79 Å². The fourth-order valence-corrected chi connectivity index (χ4v) is 3.38. The van der Waals surface area contributed by atoms with Crippen LogP contribution in [0.5, 0.6) is 0 Å². The fraction of sp³-hybridized carbons (Fsp3) is 0.929. The zero-order valence-electron chi connectivity index (χ0n) is 11.0. The molecule has 0 radical (unpaired) electrons. The van der Waals surface area contributed by atoms with Crippen molar-refractivity contribution in [3.05, 3.63) is 0 Å². The molecule has 3 aliphatic rings. The molecule has 17 heavy (non-hydrogen) atoms. The number of likely N-dealkylation sites (tertiary alicyclic amines) is 1. The van der Waals surface area contributed by atoms with E-state index in [1.54, 1.807) is 0 Å². The van der Waals surface area contributed by atoms with Crippen molar-refractivity contribution >= 4 is 5.91 Å². The largest absolute Gasteiger partial charge is 0.341 e. The summed E-state index contributed by atoms with van der Waals surface area (Å²) in [7, 11) is 0. The van der Waals surface area contributed by atoms with E-state index in [-0.39, 0.29) is 6.04 Å². The van der Waals surface area contributed by atoms with Crippen LogP contribution in [-0.2, 0) is 4.79 Å². The monoisotopic (exact) mass is 236 g/mol. The summed E-state index contributed by atoms with van der Waals surface area (Å²) in [5.74, 6) is 1.30. The van der Waals surface area contributed by atoms with Crippen LogP contribution in [0.4, 0.5) is 0 Å². The number of hydrogen-bond acceptors (Lipinski definition) is 2. The molecule has 0 aromatic rings. The van der Waals surface area contributed by atoms with Crippen molar-refractivity contribution < 1.29 is 4.79 Å². The number of carbonyl (C=O) groups excluding carboxylic acids is 1. The van der Waals surface area contributed by atoms with Gasteiger partial charge in [-0.05, 0) is 43.4 Å². The Morgan fingerprint density at radius 3 is 2.59 bits per heavy atom. The Labute approximate surface area is 104 Å². The third-order valence-electron chi connectivity index (χ3n) is 4.67. The van der Waals surface area contributed by atoms with E-state index >= 15 is 0 Å². The number of hydrogen-bond donors (Lipinski definition) is 1. The first-order valence-corrected chi connectivity index (χ1v) is 7.15. The lowest BCUT2D eigenvalue weighted by Gasteiger charge is -2.24. The molecular formula is C14H24N2O. The van der Waals surface area contributed by atoms with E-state index in [1.807, 2.05) is 0 Å². The van der Waals surface area contributed by atoms with Gasteiger partial charge in [-0.25, -0.2) is 0 Å². The first-order chi connectivity index (χ1) is 8.11. The Morgan fingerprint density at radius 1 is 1.35 bits per heavy atom. The summed E-state index contributed by atoms with van der Waals surface area (Å²) >= 11 is 0. The Kier molecular flexibility index (Phi) is 2.69. The zero-order valence-corrected chi connectivity index (χ0v) is 11.0. The molecule has 1 atom stereocenters. The van der Waals surface area contributed by atoms with Crippen LogP contribution in [0.2, 0.25) is 0 Å². The fourth-order valence-electron chi connectivity index (χ4n) is 3.38. The second-order valence-corrected chi connectivity index (χ2v) is 6.56. The second-order valence-electron chi connectivity index (χ2n) is 6.56. The van der Waals surface area contributed by atoms with E-state index in [1.165, 1.54) is 25.7 Å². The molecule has 1 amide bonds. The number of nitrogens with one attached hydrogen (secondary N) is 1. The summed E-state index contributed by atoms with van der Waals surface area (Å²) in [5, 5.41) is 3.38. The van der Waals surface area contributed by atoms with Gasteiger partial charge in [-0.3, -0.25) is 4.79 Å². The molecule has 1 unspecified atom stereocenters.